The largest absolute Gasteiger partial charge is 0.493 e. The van der Waals surface area contributed by atoms with Gasteiger partial charge in [0.15, 0.2) is 11.5 Å². The van der Waals surface area contributed by atoms with Gasteiger partial charge < -0.3 is 14.2 Å². The first-order chi connectivity index (χ1) is 14.5. The average molecular weight is 506 g/mol. The normalized spacial score (nSPS) is 14.9. The van der Waals surface area contributed by atoms with Gasteiger partial charge in [0, 0.05) is 11.0 Å². The molecule has 0 aromatic heterocycles. The summed E-state index contributed by atoms with van der Waals surface area (Å²) in [5.74, 6) is 1.84. The van der Waals surface area contributed by atoms with E-state index < -0.39 is 0 Å². The summed E-state index contributed by atoms with van der Waals surface area (Å²) in [7, 11) is 1.58. The van der Waals surface area contributed by atoms with Crippen LogP contribution in [0.15, 0.2) is 64.5 Å². The number of rotatable bonds is 9. The molecular formula is C22H20BrNO4S2. The molecule has 1 fully saturated rings. The van der Waals surface area contributed by atoms with Crippen LogP contribution in [-0.2, 0) is 4.79 Å². The maximum atomic E-state index is 12.5. The molecule has 156 valence electrons. The lowest BCUT2D eigenvalue weighted by Crippen LogP contribution is -2.27. The number of benzene rings is 2. The molecule has 0 bridgehead atoms. The van der Waals surface area contributed by atoms with Crippen molar-refractivity contribution in [3.63, 3.8) is 0 Å². The predicted molar refractivity (Wildman–Crippen MR) is 128 cm³/mol. The van der Waals surface area contributed by atoms with Crippen molar-refractivity contribution < 1.29 is 19.0 Å². The standard InChI is InChI=1S/C22H20BrNO4S2/c1-3-10-24-21(25)20(30-22(24)29)14-15-4-9-18(19(13-15)26-2)28-12-11-27-17-7-5-16(23)6-8-17/h3-9,13-14H,1,10-12H2,2H3. The van der Waals surface area contributed by atoms with Crippen LogP contribution < -0.4 is 14.2 Å². The third-order valence-electron chi connectivity index (χ3n) is 4.09. The number of carbonyl (C=O) groups is 1. The van der Waals surface area contributed by atoms with E-state index in [0.717, 1.165) is 15.8 Å². The average Bonchev–Trinajstić information content (AvgIpc) is 3.00. The summed E-state index contributed by atoms with van der Waals surface area (Å²) in [5.41, 5.74) is 0.824. The van der Waals surface area contributed by atoms with Crippen molar-refractivity contribution in [3.05, 3.63) is 70.1 Å². The fourth-order valence-corrected chi connectivity index (χ4v) is 4.21. The van der Waals surface area contributed by atoms with E-state index in [1.807, 2.05) is 42.5 Å². The monoisotopic (exact) mass is 505 g/mol. The molecule has 3 rings (SSSR count). The second kappa shape index (κ2) is 10.7. The van der Waals surface area contributed by atoms with Gasteiger partial charge in [-0.3, -0.25) is 9.69 Å². The van der Waals surface area contributed by atoms with E-state index >= 15 is 0 Å². The third-order valence-corrected chi connectivity index (χ3v) is 6.00. The van der Waals surface area contributed by atoms with Crippen LogP contribution in [0.25, 0.3) is 6.08 Å². The Balaban J connectivity index is 1.62. The molecule has 0 aliphatic carbocycles. The molecule has 2 aromatic carbocycles. The van der Waals surface area contributed by atoms with Crippen molar-refractivity contribution in [1.29, 1.82) is 0 Å². The minimum absolute atomic E-state index is 0.116. The molecular weight excluding hydrogens is 486 g/mol. The molecule has 1 aliphatic rings. The van der Waals surface area contributed by atoms with Crippen LogP contribution in [0, 0.1) is 0 Å². The Labute approximate surface area is 193 Å². The zero-order valence-electron chi connectivity index (χ0n) is 16.3. The third kappa shape index (κ3) is 5.65. The van der Waals surface area contributed by atoms with Gasteiger partial charge in [-0.05, 0) is 48.0 Å². The van der Waals surface area contributed by atoms with Crippen molar-refractivity contribution in [2.24, 2.45) is 0 Å². The van der Waals surface area contributed by atoms with Crippen LogP contribution in [0.1, 0.15) is 5.56 Å². The molecule has 5 nitrogen and oxygen atoms in total. The summed E-state index contributed by atoms with van der Waals surface area (Å²) in [5, 5.41) is 0. The second-order valence-corrected chi connectivity index (χ2v) is 8.73. The fraction of sp³-hybridized carbons (Fsp3) is 0.182. The van der Waals surface area contributed by atoms with Crippen LogP contribution in [-0.4, -0.2) is 42.0 Å². The molecule has 1 amide bonds. The maximum absolute atomic E-state index is 12.5. The van der Waals surface area contributed by atoms with E-state index in [2.05, 4.69) is 22.5 Å². The van der Waals surface area contributed by atoms with Gasteiger partial charge in [0.1, 0.15) is 23.3 Å². The zero-order chi connectivity index (χ0) is 21.5. The quantitative estimate of drug-likeness (QED) is 0.199. The molecule has 0 N–H and O–H groups in total. The molecule has 30 heavy (non-hydrogen) atoms. The number of ether oxygens (including phenoxy) is 3. The van der Waals surface area contributed by atoms with Crippen molar-refractivity contribution >= 4 is 56.2 Å². The van der Waals surface area contributed by atoms with E-state index in [-0.39, 0.29) is 5.91 Å². The van der Waals surface area contributed by atoms with Gasteiger partial charge >= 0.3 is 0 Å². The number of halogens is 1. The summed E-state index contributed by atoms with van der Waals surface area (Å²) in [4.78, 5) is 14.6. The first-order valence-electron chi connectivity index (χ1n) is 9.07. The molecule has 1 saturated heterocycles. The van der Waals surface area contributed by atoms with Crippen molar-refractivity contribution in [1.82, 2.24) is 4.90 Å². The summed E-state index contributed by atoms with van der Waals surface area (Å²) < 4.78 is 18.4. The van der Waals surface area contributed by atoms with Crippen LogP contribution >= 0.6 is 39.9 Å². The highest BCUT2D eigenvalue weighted by Crippen LogP contribution is 2.34. The first-order valence-corrected chi connectivity index (χ1v) is 11.1. The zero-order valence-corrected chi connectivity index (χ0v) is 19.5. The van der Waals surface area contributed by atoms with Gasteiger partial charge in [-0.25, -0.2) is 0 Å². The van der Waals surface area contributed by atoms with Crippen LogP contribution in [0.3, 0.4) is 0 Å². The number of thiocarbonyl (C=S) groups is 1. The summed E-state index contributed by atoms with van der Waals surface area (Å²) in [6, 6.07) is 13.1. The highest BCUT2D eigenvalue weighted by atomic mass is 79.9. The van der Waals surface area contributed by atoms with Gasteiger partial charge in [0.2, 0.25) is 0 Å². The number of hydrogen-bond acceptors (Lipinski definition) is 6. The molecule has 0 unspecified atom stereocenters. The predicted octanol–water partition coefficient (Wildman–Crippen LogP) is 5.30. The van der Waals surface area contributed by atoms with Crippen LogP contribution in [0.2, 0.25) is 0 Å². The lowest BCUT2D eigenvalue weighted by atomic mass is 10.2. The number of hydrogen-bond donors (Lipinski definition) is 0. The minimum atomic E-state index is -0.116. The van der Waals surface area contributed by atoms with E-state index in [1.165, 1.54) is 16.7 Å². The highest BCUT2D eigenvalue weighted by Gasteiger charge is 2.30. The Morgan fingerprint density at radius 1 is 1.13 bits per heavy atom. The number of amides is 1. The van der Waals surface area contributed by atoms with Gasteiger partial charge in [-0.2, -0.15) is 0 Å². The Morgan fingerprint density at radius 2 is 1.87 bits per heavy atom. The molecule has 0 spiro atoms. The lowest BCUT2D eigenvalue weighted by molar-refractivity contribution is -0.121. The lowest BCUT2D eigenvalue weighted by Gasteiger charge is -2.12. The summed E-state index contributed by atoms with van der Waals surface area (Å²) >= 11 is 9.94. The van der Waals surface area contributed by atoms with Gasteiger partial charge in [0.25, 0.3) is 5.91 Å². The van der Waals surface area contributed by atoms with Gasteiger partial charge in [-0.15, -0.1) is 6.58 Å². The SMILES string of the molecule is C=CCN1C(=O)C(=Cc2ccc(OCCOc3ccc(Br)cc3)c(OC)c2)SC1=S. The van der Waals surface area contributed by atoms with E-state index in [1.54, 1.807) is 19.3 Å². The second-order valence-electron chi connectivity index (χ2n) is 6.14. The Hall–Kier alpha value is -2.29. The fourth-order valence-electron chi connectivity index (χ4n) is 2.67. The first kappa shape index (κ1) is 22.4. The van der Waals surface area contributed by atoms with E-state index in [4.69, 9.17) is 26.4 Å². The number of nitrogens with zero attached hydrogens (tertiary/aromatic N) is 1. The Kier molecular flexibility index (Phi) is 7.95. The molecule has 0 radical (unpaired) electrons. The smallest absolute Gasteiger partial charge is 0.266 e. The molecule has 0 atom stereocenters. The van der Waals surface area contributed by atoms with E-state index in [9.17, 15) is 4.79 Å². The minimum Gasteiger partial charge on any atom is -0.493 e. The maximum Gasteiger partial charge on any atom is 0.266 e. The van der Waals surface area contributed by atoms with E-state index in [0.29, 0.717) is 40.5 Å². The van der Waals surface area contributed by atoms with Crippen molar-refractivity contribution in [2.75, 3.05) is 26.9 Å². The number of methoxy groups -OCH3 is 1. The molecule has 2 aromatic rings. The Morgan fingerprint density at radius 3 is 2.57 bits per heavy atom. The topological polar surface area (TPSA) is 48.0 Å². The number of thioether (sulfide) groups is 1. The van der Waals surface area contributed by atoms with Crippen molar-refractivity contribution in [2.45, 2.75) is 0 Å². The highest BCUT2D eigenvalue weighted by molar-refractivity contribution is 9.10. The Bertz CT molecular complexity index is 976. The van der Waals surface area contributed by atoms with Crippen LogP contribution in [0.4, 0.5) is 0 Å². The van der Waals surface area contributed by atoms with Crippen molar-refractivity contribution in [3.8, 4) is 17.2 Å². The molecule has 8 heteroatoms. The molecule has 1 heterocycles. The summed E-state index contributed by atoms with van der Waals surface area (Å²) in [6.45, 7) is 4.83. The van der Waals surface area contributed by atoms with Crippen LogP contribution in [0.5, 0.6) is 17.2 Å². The molecule has 0 saturated carbocycles. The summed E-state index contributed by atoms with van der Waals surface area (Å²) in [6.07, 6.45) is 3.45. The van der Waals surface area contributed by atoms with Gasteiger partial charge in [0.05, 0.1) is 12.0 Å². The molecule has 1 aliphatic heterocycles. The number of carbonyl (C=O) groups excluding carboxylic acids is 1. The van der Waals surface area contributed by atoms with Gasteiger partial charge in [-0.1, -0.05) is 52.1 Å².